The lowest BCUT2D eigenvalue weighted by molar-refractivity contribution is -0.118. The highest BCUT2D eigenvalue weighted by atomic mass is 19.1. The lowest BCUT2D eigenvalue weighted by Gasteiger charge is -2.41. The van der Waals surface area contributed by atoms with Crippen molar-refractivity contribution in [2.45, 2.75) is 39.4 Å². The van der Waals surface area contributed by atoms with Gasteiger partial charge in [-0.2, -0.15) is 0 Å². The number of aryl methyl sites for hydroxylation is 1. The van der Waals surface area contributed by atoms with Gasteiger partial charge in [0.15, 0.2) is 0 Å². The van der Waals surface area contributed by atoms with Crippen molar-refractivity contribution in [3.8, 4) is 0 Å². The second-order valence-corrected chi connectivity index (χ2v) is 5.83. The van der Waals surface area contributed by atoms with Crippen LogP contribution in [0.4, 0.5) is 4.39 Å². The van der Waals surface area contributed by atoms with Crippen molar-refractivity contribution < 1.29 is 13.9 Å². The van der Waals surface area contributed by atoms with Gasteiger partial charge in [0.2, 0.25) is 0 Å². The monoisotopic (exact) mass is 265 g/mol. The van der Waals surface area contributed by atoms with Gasteiger partial charge in [-0.1, -0.05) is 0 Å². The van der Waals surface area contributed by atoms with Crippen molar-refractivity contribution in [1.29, 1.82) is 0 Å². The number of carbonyl (C=O) groups excluding carboxylic acids is 1. The first kappa shape index (κ1) is 14.0. The smallest absolute Gasteiger partial charge is 0.254 e. The molecule has 1 amide bonds. The van der Waals surface area contributed by atoms with E-state index in [0.29, 0.717) is 24.2 Å². The van der Waals surface area contributed by atoms with Crippen LogP contribution in [0, 0.1) is 12.7 Å². The predicted molar refractivity (Wildman–Crippen MR) is 71.7 cm³/mol. The van der Waals surface area contributed by atoms with Gasteiger partial charge < -0.3 is 9.64 Å². The minimum Gasteiger partial charge on any atom is -0.369 e. The molecular formula is C15H20FNO2. The number of carbonyl (C=O) groups is 1. The molecule has 0 spiro atoms. The molecule has 2 rings (SSSR count). The highest BCUT2D eigenvalue weighted by Gasteiger charge is 2.34. The standard InChI is InChI=1S/C15H20FNO2/c1-10-7-12(16)5-6-13(10)14(18)17-8-11(2)19-15(3,4)9-17/h5-7,11H,8-9H2,1-4H3. The van der Waals surface area contributed by atoms with E-state index in [1.54, 1.807) is 17.9 Å². The molecule has 0 bridgehead atoms. The molecular weight excluding hydrogens is 245 g/mol. The van der Waals surface area contributed by atoms with Crippen LogP contribution in [-0.4, -0.2) is 35.6 Å². The van der Waals surface area contributed by atoms with E-state index >= 15 is 0 Å². The highest BCUT2D eigenvalue weighted by molar-refractivity contribution is 5.95. The van der Waals surface area contributed by atoms with Crippen LogP contribution in [0.1, 0.15) is 36.7 Å². The van der Waals surface area contributed by atoms with Gasteiger partial charge in [0.05, 0.1) is 11.7 Å². The maximum Gasteiger partial charge on any atom is 0.254 e. The second kappa shape index (κ2) is 4.93. The van der Waals surface area contributed by atoms with Crippen molar-refractivity contribution in [2.24, 2.45) is 0 Å². The fourth-order valence-corrected chi connectivity index (χ4v) is 2.65. The number of amides is 1. The van der Waals surface area contributed by atoms with Crippen LogP contribution in [0.15, 0.2) is 18.2 Å². The summed E-state index contributed by atoms with van der Waals surface area (Å²) in [4.78, 5) is 14.3. The Kier molecular flexibility index (Phi) is 3.63. The van der Waals surface area contributed by atoms with Crippen LogP contribution in [0.5, 0.6) is 0 Å². The molecule has 1 aromatic carbocycles. The molecule has 1 heterocycles. The number of rotatable bonds is 1. The molecule has 104 valence electrons. The summed E-state index contributed by atoms with van der Waals surface area (Å²) in [6, 6.07) is 4.28. The maximum absolute atomic E-state index is 13.1. The van der Waals surface area contributed by atoms with E-state index in [2.05, 4.69) is 0 Å². The normalized spacial score (nSPS) is 22.4. The molecule has 1 unspecified atom stereocenters. The van der Waals surface area contributed by atoms with E-state index in [0.717, 1.165) is 0 Å². The molecule has 19 heavy (non-hydrogen) atoms. The fourth-order valence-electron chi connectivity index (χ4n) is 2.65. The third kappa shape index (κ3) is 3.13. The second-order valence-electron chi connectivity index (χ2n) is 5.83. The molecule has 0 radical (unpaired) electrons. The van der Waals surface area contributed by atoms with Gasteiger partial charge >= 0.3 is 0 Å². The lowest BCUT2D eigenvalue weighted by atomic mass is 10.0. The van der Waals surface area contributed by atoms with Gasteiger partial charge in [0.1, 0.15) is 5.82 Å². The maximum atomic E-state index is 13.1. The molecule has 1 fully saturated rings. The Morgan fingerprint density at radius 3 is 2.74 bits per heavy atom. The Morgan fingerprint density at radius 1 is 1.47 bits per heavy atom. The number of halogens is 1. The van der Waals surface area contributed by atoms with Crippen LogP contribution < -0.4 is 0 Å². The van der Waals surface area contributed by atoms with E-state index in [1.165, 1.54) is 12.1 Å². The SMILES string of the molecule is Cc1cc(F)ccc1C(=O)N1CC(C)OC(C)(C)C1. The quantitative estimate of drug-likeness (QED) is 0.781. The van der Waals surface area contributed by atoms with Crippen LogP contribution in [0.25, 0.3) is 0 Å². The molecule has 4 heteroatoms. The van der Waals surface area contributed by atoms with Crippen molar-refractivity contribution >= 4 is 5.91 Å². The van der Waals surface area contributed by atoms with Gasteiger partial charge in [-0.3, -0.25) is 4.79 Å². The van der Waals surface area contributed by atoms with Gasteiger partial charge in [0, 0.05) is 18.7 Å². The Morgan fingerprint density at radius 2 is 2.16 bits per heavy atom. The Hall–Kier alpha value is -1.42. The third-order valence-electron chi connectivity index (χ3n) is 3.28. The zero-order valence-electron chi connectivity index (χ0n) is 11.9. The van der Waals surface area contributed by atoms with E-state index in [-0.39, 0.29) is 23.4 Å². The predicted octanol–water partition coefficient (Wildman–Crippen LogP) is 2.77. The molecule has 0 saturated carbocycles. The number of benzene rings is 1. The summed E-state index contributed by atoms with van der Waals surface area (Å²) >= 11 is 0. The van der Waals surface area contributed by atoms with E-state index in [1.807, 2.05) is 20.8 Å². The average Bonchev–Trinajstić information content (AvgIpc) is 2.25. The minimum absolute atomic E-state index is 0.00783. The van der Waals surface area contributed by atoms with Crippen LogP contribution in [0.3, 0.4) is 0 Å². The molecule has 1 saturated heterocycles. The minimum atomic E-state index is -0.346. The van der Waals surface area contributed by atoms with E-state index in [4.69, 9.17) is 4.74 Å². The third-order valence-corrected chi connectivity index (χ3v) is 3.28. The van der Waals surface area contributed by atoms with Crippen molar-refractivity contribution in [1.82, 2.24) is 4.90 Å². The van der Waals surface area contributed by atoms with Crippen molar-refractivity contribution in [3.05, 3.63) is 35.1 Å². The molecule has 0 aromatic heterocycles. The number of ether oxygens (including phenoxy) is 1. The summed E-state index contributed by atoms with van der Waals surface area (Å²) in [5, 5.41) is 0. The Balaban J connectivity index is 2.24. The Bertz CT molecular complexity index is 499. The number of hydrogen-bond acceptors (Lipinski definition) is 2. The number of nitrogens with zero attached hydrogens (tertiary/aromatic N) is 1. The lowest BCUT2D eigenvalue weighted by Crippen LogP contribution is -2.53. The average molecular weight is 265 g/mol. The molecule has 3 nitrogen and oxygen atoms in total. The van der Waals surface area contributed by atoms with Gasteiger partial charge in [-0.05, 0) is 51.5 Å². The van der Waals surface area contributed by atoms with Crippen LogP contribution in [-0.2, 0) is 4.74 Å². The summed E-state index contributed by atoms with van der Waals surface area (Å²) in [6.45, 7) is 8.77. The molecule has 0 aliphatic carbocycles. The highest BCUT2D eigenvalue weighted by Crippen LogP contribution is 2.23. The number of morpholine rings is 1. The summed E-state index contributed by atoms with van der Waals surface area (Å²) < 4.78 is 18.9. The van der Waals surface area contributed by atoms with E-state index in [9.17, 15) is 9.18 Å². The molecule has 1 aliphatic rings. The summed E-state index contributed by atoms with van der Waals surface area (Å²) in [5.74, 6) is -0.370. The first-order valence-electron chi connectivity index (χ1n) is 6.52. The number of hydrogen-bond donors (Lipinski definition) is 0. The largest absolute Gasteiger partial charge is 0.369 e. The molecule has 1 aromatic rings. The van der Waals surface area contributed by atoms with Gasteiger partial charge in [0.25, 0.3) is 5.91 Å². The van der Waals surface area contributed by atoms with Crippen LogP contribution >= 0.6 is 0 Å². The summed E-state index contributed by atoms with van der Waals surface area (Å²) in [7, 11) is 0. The van der Waals surface area contributed by atoms with Gasteiger partial charge in [-0.25, -0.2) is 4.39 Å². The van der Waals surface area contributed by atoms with Crippen molar-refractivity contribution in [2.75, 3.05) is 13.1 Å². The van der Waals surface area contributed by atoms with Gasteiger partial charge in [-0.15, -0.1) is 0 Å². The van der Waals surface area contributed by atoms with E-state index < -0.39 is 0 Å². The zero-order chi connectivity index (χ0) is 14.2. The topological polar surface area (TPSA) is 29.5 Å². The van der Waals surface area contributed by atoms with Crippen LogP contribution in [0.2, 0.25) is 0 Å². The molecule has 1 atom stereocenters. The molecule has 0 N–H and O–H groups in total. The fraction of sp³-hybridized carbons (Fsp3) is 0.533. The summed E-state index contributed by atoms with van der Waals surface area (Å²) in [6.07, 6.45) is 0.00783. The Labute approximate surface area is 113 Å². The first-order valence-corrected chi connectivity index (χ1v) is 6.52. The zero-order valence-corrected chi connectivity index (χ0v) is 11.9. The molecule has 1 aliphatic heterocycles. The summed E-state index contributed by atoms with van der Waals surface area (Å²) in [5.41, 5.74) is 0.884. The van der Waals surface area contributed by atoms with Crippen molar-refractivity contribution in [3.63, 3.8) is 0 Å². The first-order chi connectivity index (χ1) is 8.78.